The molecule has 0 atom stereocenters. The Kier molecular flexibility index (Phi) is 3.78. The number of aromatic hydroxyl groups is 1. The summed E-state index contributed by atoms with van der Waals surface area (Å²) < 4.78 is 28.9. The molecule has 8 heteroatoms. The highest BCUT2D eigenvalue weighted by atomic mass is 19.1. The first kappa shape index (κ1) is 16.7. The van der Waals surface area contributed by atoms with Crippen LogP contribution in [-0.4, -0.2) is 37.9 Å². The molecule has 1 aromatic carbocycles. The largest absolute Gasteiger partial charge is 0.503 e. The van der Waals surface area contributed by atoms with Crippen molar-refractivity contribution in [3.63, 3.8) is 0 Å². The van der Waals surface area contributed by atoms with Gasteiger partial charge in [-0.3, -0.25) is 0 Å². The fraction of sp³-hybridized carbons (Fsp3) is 0.389. The first-order valence-corrected chi connectivity index (χ1v) is 8.48. The van der Waals surface area contributed by atoms with Gasteiger partial charge in [0.15, 0.2) is 17.4 Å². The minimum absolute atomic E-state index is 0.0589. The molecule has 0 bridgehead atoms. The Bertz CT molecular complexity index is 958. The number of rotatable bonds is 2. The zero-order valence-electron chi connectivity index (χ0n) is 14.6. The standard InChI is InChI=1S/C18H19F2N5O/c1-18(2)3-5-24(6-4-18)12-9-21-17(22-10-12)25-15-11(8-23-25)7-13(19)16(26)14(15)20/h7-10,26H,3-6H2,1-2H3. The molecule has 1 aliphatic heterocycles. The van der Waals surface area contributed by atoms with Gasteiger partial charge < -0.3 is 10.0 Å². The molecule has 0 amide bonds. The van der Waals surface area contributed by atoms with Gasteiger partial charge in [-0.15, -0.1) is 0 Å². The van der Waals surface area contributed by atoms with E-state index in [9.17, 15) is 13.9 Å². The van der Waals surface area contributed by atoms with Crippen LogP contribution in [0.1, 0.15) is 26.7 Å². The summed E-state index contributed by atoms with van der Waals surface area (Å²) in [5.41, 5.74) is 1.19. The van der Waals surface area contributed by atoms with Crippen molar-refractivity contribution in [3.05, 3.63) is 36.3 Å². The number of anilines is 1. The molecule has 1 N–H and O–H groups in total. The van der Waals surface area contributed by atoms with E-state index < -0.39 is 17.4 Å². The number of hydrogen-bond acceptors (Lipinski definition) is 5. The Balaban J connectivity index is 1.66. The van der Waals surface area contributed by atoms with E-state index in [4.69, 9.17) is 0 Å². The molecule has 3 aromatic rings. The second-order valence-electron chi connectivity index (χ2n) is 7.41. The number of phenols is 1. The van der Waals surface area contributed by atoms with E-state index in [1.807, 2.05) is 0 Å². The van der Waals surface area contributed by atoms with Crippen molar-refractivity contribution >= 4 is 16.6 Å². The normalized spacial score (nSPS) is 17.0. The zero-order valence-corrected chi connectivity index (χ0v) is 14.6. The molecule has 0 unspecified atom stereocenters. The number of nitrogens with zero attached hydrogens (tertiary/aromatic N) is 5. The van der Waals surface area contributed by atoms with E-state index in [2.05, 4.69) is 33.8 Å². The molecule has 1 aliphatic rings. The number of benzene rings is 1. The van der Waals surface area contributed by atoms with Crippen molar-refractivity contribution in [2.45, 2.75) is 26.7 Å². The highest BCUT2D eigenvalue weighted by Gasteiger charge is 2.26. The fourth-order valence-electron chi connectivity index (χ4n) is 3.22. The van der Waals surface area contributed by atoms with Crippen molar-refractivity contribution < 1.29 is 13.9 Å². The van der Waals surface area contributed by atoms with Crippen molar-refractivity contribution in [2.75, 3.05) is 18.0 Å². The molecule has 26 heavy (non-hydrogen) atoms. The smallest absolute Gasteiger partial charge is 0.251 e. The Hall–Kier alpha value is -2.77. The molecule has 1 fully saturated rings. The van der Waals surface area contributed by atoms with Crippen LogP contribution in [0, 0.1) is 17.0 Å². The summed E-state index contributed by atoms with van der Waals surface area (Å²) in [5.74, 6) is -2.99. The van der Waals surface area contributed by atoms with Crippen molar-refractivity contribution in [1.29, 1.82) is 0 Å². The molecule has 2 aromatic heterocycles. The van der Waals surface area contributed by atoms with Gasteiger partial charge in [-0.2, -0.15) is 9.78 Å². The molecule has 1 saturated heterocycles. The van der Waals surface area contributed by atoms with Gasteiger partial charge in [0.1, 0.15) is 5.52 Å². The summed E-state index contributed by atoms with van der Waals surface area (Å²) in [5, 5.41) is 13.8. The van der Waals surface area contributed by atoms with Crippen LogP contribution in [0.4, 0.5) is 14.5 Å². The molecule has 6 nitrogen and oxygen atoms in total. The fourth-order valence-corrected chi connectivity index (χ4v) is 3.22. The van der Waals surface area contributed by atoms with E-state index >= 15 is 0 Å². The minimum Gasteiger partial charge on any atom is -0.503 e. The first-order valence-electron chi connectivity index (χ1n) is 8.48. The second-order valence-corrected chi connectivity index (χ2v) is 7.41. The predicted molar refractivity (Wildman–Crippen MR) is 93.5 cm³/mol. The van der Waals surface area contributed by atoms with Crippen LogP contribution in [0.15, 0.2) is 24.7 Å². The van der Waals surface area contributed by atoms with Crippen molar-refractivity contribution in [2.24, 2.45) is 5.41 Å². The molecule has 4 rings (SSSR count). The highest BCUT2D eigenvalue weighted by Crippen LogP contribution is 2.32. The van der Waals surface area contributed by atoms with Crippen LogP contribution < -0.4 is 4.90 Å². The lowest BCUT2D eigenvalue weighted by atomic mass is 9.82. The van der Waals surface area contributed by atoms with Crippen molar-refractivity contribution in [1.82, 2.24) is 19.7 Å². The topological polar surface area (TPSA) is 67.1 Å². The number of halogens is 2. The van der Waals surface area contributed by atoms with Gasteiger partial charge in [0, 0.05) is 18.5 Å². The zero-order chi connectivity index (χ0) is 18.5. The Morgan fingerprint density at radius 2 is 1.73 bits per heavy atom. The number of phenolic OH excluding ortho intramolecular Hbond substituents is 1. The summed E-state index contributed by atoms with van der Waals surface area (Å²) in [7, 11) is 0. The maximum absolute atomic E-state index is 14.3. The molecule has 0 radical (unpaired) electrons. The van der Waals surface area contributed by atoms with Gasteiger partial charge in [0.2, 0.25) is 0 Å². The SMILES string of the molecule is CC1(C)CCN(c2cnc(-n3ncc4cc(F)c(O)c(F)c43)nc2)CC1. The summed E-state index contributed by atoms with van der Waals surface area (Å²) in [6.45, 7) is 6.39. The Morgan fingerprint density at radius 3 is 2.38 bits per heavy atom. The number of fused-ring (bicyclic) bond motifs is 1. The molecule has 0 saturated carbocycles. The highest BCUT2D eigenvalue weighted by molar-refractivity contribution is 5.82. The third-order valence-electron chi connectivity index (χ3n) is 5.02. The van der Waals surface area contributed by atoms with Crippen LogP contribution in [-0.2, 0) is 0 Å². The summed E-state index contributed by atoms with van der Waals surface area (Å²) in [6.07, 6.45) is 6.85. The monoisotopic (exact) mass is 359 g/mol. The van der Waals surface area contributed by atoms with Gasteiger partial charge in [0.05, 0.1) is 24.3 Å². The quantitative estimate of drug-likeness (QED) is 0.759. The maximum atomic E-state index is 14.3. The molecule has 0 aliphatic carbocycles. The predicted octanol–water partition coefficient (Wildman–Crippen LogP) is 3.43. The second kappa shape index (κ2) is 5.89. The van der Waals surface area contributed by atoms with E-state index in [1.54, 1.807) is 12.4 Å². The Morgan fingerprint density at radius 1 is 1.08 bits per heavy atom. The number of hydrogen-bond donors (Lipinski definition) is 1. The van der Waals surface area contributed by atoms with Gasteiger partial charge in [-0.1, -0.05) is 13.8 Å². The van der Waals surface area contributed by atoms with Gasteiger partial charge in [-0.25, -0.2) is 18.7 Å². The average Bonchev–Trinajstić information content (AvgIpc) is 3.04. The molecule has 3 heterocycles. The van der Waals surface area contributed by atoms with E-state index in [-0.39, 0.29) is 16.9 Å². The van der Waals surface area contributed by atoms with Gasteiger partial charge in [0.25, 0.3) is 5.95 Å². The van der Waals surface area contributed by atoms with Gasteiger partial charge in [-0.05, 0) is 24.3 Å². The van der Waals surface area contributed by atoms with Crippen LogP contribution in [0.2, 0.25) is 0 Å². The maximum Gasteiger partial charge on any atom is 0.251 e. The molecular formula is C18H19F2N5O. The Labute approximate surface area is 149 Å². The average molecular weight is 359 g/mol. The van der Waals surface area contributed by atoms with E-state index in [1.165, 1.54) is 6.20 Å². The van der Waals surface area contributed by atoms with Crippen LogP contribution >= 0.6 is 0 Å². The number of aromatic nitrogens is 4. The van der Waals surface area contributed by atoms with Gasteiger partial charge >= 0.3 is 0 Å². The van der Waals surface area contributed by atoms with Crippen molar-refractivity contribution in [3.8, 4) is 11.7 Å². The van der Waals surface area contributed by atoms with Crippen LogP contribution in [0.25, 0.3) is 16.9 Å². The third kappa shape index (κ3) is 2.75. The molecular weight excluding hydrogens is 340 g/mol. The first-order chi connectivity index (χ1) is 12.4. The number of piperidine rings is 1. The third-order valence-corrected chi connectivity index (χ3v) is 5.02. The van der Waals surface area contributed by atoms with Crippen LogP contribution in [0.3, 0.4) is 0 Å². The summed E-state index contributed by atoms with van der Waals surface area (Å²) in [6, 6.07) is 1.03. The summed E-state index contributed by atoms with van der Waals surface area (Å²) in [4.78, 5) is 10.8. The lowest BCUT2D eigenvalue weighted by Crippen LogP contribution is -2.37. The van der Waals surface area contributed by atoms with E-state index in [0.29, 0.717) is 5.41 Å². The molecule has 136 valence electrons. The lowest BCUT2D eigenvalue weighted by molar-refractivity contribution is 0.279. The summed E-state index contributed by atoms with van der Waals surface area (Å²) >= 11 is 0. The minimum atomic E-state index is -1.08. The lowest BCUT2D eigenvalue weighted by Gasteiger charge is -2.37. The molecule has 0 spiro atoms. The van der Waals surface area contributed by atoms with E-state index in [0.717, 1.165) is 42.4 Å². The van der Waals surface area contributed by atoms with Crippen LogP contribution in [0.5, 0.6) is 5.75 Å².